The summed E-state index contributed by atoms with van der Waals surface area (Å²) in [6.45, 7) is 13.0. The lowest BCUT2D eigenvalue weighted by molar-refractivity contribution is -0.346. The van der Waals surface area contributed by atoms with Crippen molar-refractivity contribution in [3.8, 4) is 0 Å². The number of ether oxygens (including phenoxy) is 6. The van der Waals surface area contributed by atoms with Crippen molar-refractivity contribution in [2.24, 2.45) is 16.7 Å². The van der Waals surface area contributed by atoms with Crippen LogP contribution in [0.15, 0.2) is 71.8 Å². The topological polar surface area (TPSA) is 248 Å². The van der Waals surface area contributed by atoms with E-state index in [1.54, 1.807) is 69.3 Å². The van der Waals surface area contributed by atoms with Crippen molar-refractivity contribution >= 4 is 41.5 Å². The summed E-state index contributed by atoms with van der Waals surface area (Å²) < 4.78 is 35.9. The van der Waals surface area contributed by atoms with E-state index >= 15 is 4.79 Å². The first kappa shape index (κ1) is 49.9. The van der Waals surface area contributed by atoms with Gasteiger partial charge in [0.2, 0.25) is 6.10 Å². The summed E-state index contributed by atoms with van der Waals surface area (Å²) in [6.07, 6.45) is -12.0. The van der Waals surface area contributed by atoms with Gasteiger partial charge in [-0.05, 0) is 76.8 Å². The van der Waals surface area contributed by atoms with Gasteiger partial charge in [-0.3, -0.25) is 14.4 Å². The van der Waals surface area contributed by atoms with Crippen LogP contribution in [0.3, 0.4) is 0 Å². The molecule has 4 N–H and O–H groups in total. The molecule has 358 valence electrons. The average Bonchev–Trinajstić information content (AvgIpc) is 3.23. The highest BCUT2D eigenvalue weighted by Gasteiger charge is 2.78. The first-order valence-corrected chi connectivity index (χ1v) is 22.1. The van der Waals surface area contributed by atoms with E-state index in [1.807, 2.05) is 0 Å². The first-order valence-electron chi connectivity index (χ1n) is 22.1. The molecule has 17 heteroatoms. The number of fused-ring (bicyclic) bond motifs is 5. The predicted octanol–water partition coefficient (Wildman–Crippen LogP) is 4.57. The standard InChI is InChI=1S/C49H61NO16/c1-26(51)17-16-22-34(54)63-38(36(29-18-12-10-13-19-29)50-44(59)66-45(4,5)6)43(58)62-31-24-49(60)41(64-42(57)30-20-14-11-15-21-30)39-47(9,40(56)37(55)35(27(31)2)46(49,7)8)32(53)23-33-48(39,25-61-33)65-28(3)52/h10-15,18-21,31-33,36-39,41,53,55,60H,16-17,22-25H2,1-9H3,(H,50,59)/t31-,32-,33?,36-,37+,38+,39-,41-,47+,48-,49+/m0/s1. The molecule has 4 aliphatic rings. The Balaban J connectivity index is 1.51. The molecule has 1 unspecified atom stereocenters. The zero-order valence-corrected chi connectivity index (χ0v) is 38.8. The van der Waals surface area contributed by atoms with Crippen molar-refractivity contribution in [1.82, 2.24) is 5.32 Å². The van der Waals surface area contributed by atoms with Crippen molar-refractivity contribution < 1.29 is 77.3 Å². The Bertz CT molecular complexity index is 2250. The quantitative estimate of drug-likeness (QED) is 0.122. The number of aliphatic hydroxyl groups is 3. The third kappa shape index (κ3) is 9.27. The molecule has 1 heterocycles. The van der Waals surface area contributed by atoms with Crippen LogP contribution in [0.1, 0.15) is 116 Å². The van der Waals surface area contributed by atoms with Crippen LogP contribution in [0.4, 0.5) is 4.79 Å². The van der Waals surface area contributed by atoms with Crippen molar-refractivity contribution in [2.45, 2.75) is 154 Å². The smallest absolute Gasteiger partial charge is 0.408 e. The molecule has 3 fully saturated rings. The third-order valence-corrected chi connectivity index (χ3v) is 13.7. The van der Waals surface area contributed by atoms with Crippen molar-refractivity contribution in [3.05, 3.63) is 82.9 Å². The monoisotopic (exact) mass is 919 g/mol. The minimum Gasteiger partial charge on any atom is -0.455 e. The Morgan fingerprint density at radius 2 is 1.53 bits per heavy atom. The predicted molar refractivity (Wildman–Crippen MR) is 232 cm³/mol. The van der Waals surface area contributed by atoms with E-state index in [0.29, 0.717) is 5.56 Å². The summed E-state index contributed by atoms with van der Waals surface area (Å²) in [5.41, 5.74) is -8.61. The molecule has 2 bridgehead atoms. The number of hydrogen-bond acceptors (Lipinski definition) is 16. The first-order chi connectivity index (χ1) is 30.8. The number of carbonyl (C=O) groups excluding carboxylic acids is 7. The lowest BCUT2D eigenvalue weighted by Gasteiger charge is -2.67. The van der Waals surface area contributed by atoms with Crippen LogP contribution in [-0.2, 0) is 52.4 Å². The molecule has 2 aromatic carbocycles. The van der Waals surface area contributed by atoms with E-state index in [1.165, 1.54) is 46.8 Å². The Hall–Kier alpha value is -5.49. The Morgan fingerprint density at radius 3 is 2.09 bits per heavy atom. The number of Topliss-reactive ketones (excluding diaryl/α,β-unsaturated/α-hetero) is 2. The molecule has 66 heavy (non-hydrogen) atoms. The Kier molecular flexibility index (Phi) is 14.1. The summed E-state index contributed by atoms with van der Waals surface area (Å²) in [7, 11) is 0. The van der Waals surface area contributed by atoms with Gasteiger partial charge in [0.1, 0.15) is 47.4 Å². The molecule has 0 radical (unpaired) electrons. The molecule has 0 spiro atoms. The molecule has 2 aromatic rings. The highest BCUT2D eigenvalue weighted by atomic mass is 16.6. The lowest BCUT2D eigenvalue weighted by atomic mass is 9.44. The Labute approximate surface area is 383 Å². The minimum atomic E-state index is -2.43. The number of rotatable bonds is 13. The molecular weight excluding hydrogens is 859 g/mol. The van der Waals surface area contributed by atoms with Crippen molar-refractivity contribution in [3.63, 3.8) is 0 Å². The van der Waals surface area contributed by atoms with Gasteiger partial charge < -0.3 is 53.9 Å². The highest BCUT2D eigenvalue weighted by Crippen LogP contribution is 2.64. The van der Waals surface area contributed by atoms with Gasteiger partial charge in [0, 0.05) is 38.0 Å². The normalized spacial score (nSPS) is 30.9. The number of nitrogens with one attached hydrogen (secondary N) is 1. The second-order valence-electron chi connectivity index (χ2n) is 19.6. The average molecular weight is 920 g/mol. The zero-order chi connectivity index (χ0) is 48.7. The minimum absolute atomic E-state index is 0.0471. The number of esters is 4. The number of benzene rings is 2. The SMILES string of the molecule is CC(=O)CCCC(=O)O[C@@H](C(=O)O[C@H]1C[C@@]2(O)[C@@H](OC(=O)c3ccccc3)[C@H]3[C@](C)(C(=O)[C@H](O)C(=C1C)C2(C)C)[C@@H](O)CC1OC[C@]13OC(C)=O)[C@@H](NC(=O)OC(C)(C)C)c1ccccc1. The van der Waals surface area contributed by atoms with E-state index < -0.39 is 118 Å². The summed E-state index contributed by atoms with van der Waals surface area (Å²) in [6, 6.07) is 14.4. The molecule has 0 aromatic heterocycles. The van der Waals surface area contributed by atoms with Gasteiger partial charge in [0.25, 0.3) is 0 Å². The van der Waals surface area contributed by atoms with Gasteiger partial charge in [0.05, 0.1) is 29.6 Å². The summed E-state index contributed by atoms with van der Waals surface area (Å²) in [5.74, 6) is -6.59. The van der Waals surface area contributed by atoms with Gasteiger partial charge in [0.15, 0.2) is 11.4 Å². The molecular formula is C49H61NO16. The Morgan fingerprint density at radius 1 is 0.909 bits per heavy atom. The molecule has 3 aliphatic carbocycles. The second-order valence-corrected chi connectivity index (χ2v) is 19.6. The molecule has 17 nitrogen and oxygen atoms in total. The fourth-order valence-corrected chi connectivity index (χ4v) is 10.3. The van der Waals surface area contributed by atoms with Crippen LogP contribution < -0.4 is 5.32 Å². The number of aliphatic hydroxyl groups excluding tert-OH is 2. The van der Waals surface area contributed by atoms with Crippen LogP contribution in [-0.4, -0.2) is 117 Å². The fourth-order valence-electron chi connectivity index (χ4n) is 10.3. The zero-order valence-electron chi connectivity index (χ0n) is 38.8. The lowest BCUT2D eigenvalue weighted by Crippen LogP contribution is -2.81. The maximum atomic E-state index is 15.2. The fraction of sp³-hybridized carbons (Fsp3) is 0.571. The van der Waals surface area contributed by atoms with Crippen molar-refractivity contribution in [1.29, 1.82) is 0 Å². The number of alkyl carbamates (subject to hydrolysis) is 1. The van der Waals surface area contributed by atoms with Crippen LogP contribution in [0.25, 0.3) is 0 Å². The second kappa shape index (κ2) is 18.7. The van der Waals surface area contributed by atoms with Gasteiger partial charge in [-0.25, -0.2) is 14.4 Å². The van der Waals surface area contributed by atoms with Gasteiger partial charge >= 0.3 is 30.0 Å². The van der Waals surface area contributed by atoms with Gasteiger partial charge in [-0.1, -0.05) is 62.4 Å². The molecule has 1 aliphatic heterocycles. The third-order valence-electron chi connectivity index (χ3n) is 13.7. The summed E-state index contributed by atoms with van der Waals surface area (Å²) in [5, 5.41) is 40.6. The van der Waals surface area contributed by atoms with Crippen LogP contribution in [0.5, 0.6) is 0 Å². The van der Waals surface area contributed by atoms with Gasteiger partial charge in [-0.15, -0.1) is 0 Å². The number of ketones is 2. The van der Waals surface area contributed by atoms with E-state index in [0.717, 1.165) is 6.92 Å². The van der Waals surface area contributed by atoms with E-state index in [9.17, 15) is 44.1 Å². The van der Waals surface area contributed by atoms with Gasteiger partial charge in [-0.2, -0.15) is 0 Å². The number of hydrogen-bond donors (Lipinski definition) is 4. The van der Waals surface area contributed by atoms with Crippen LogP contribution in [0, 0.1) is 16.7 Å². The highest BCUT2D eigenvalue weighted by molar-refractivity contribution is 5.94. The van der Waals surface area contributed by atoms with Crippen molar-refractivity contribution in [2.75, 3.05) is 6.61 Å². The largest absolute Gasteiger partial charge is 0.455 e. The number of amides is 1. The molecule has 1 amide bonds. The van der Waals surface area contributed by atoms with E-state index in [-0.39, 0.29) is 54.8 Å². The maximum absolute atomic E-state index is 15.2. The van der Waals surface area contributed by atoms with E-state index in [2.05, 4.69) is 5.32 Å². The molecule has 6 rings (SSSR count). The van der Waals surface area contributed by atoms with Crippen LogP contribution in [0.2, 0.25) is 0 Å². The summed E-state index contributed by atoms with van der Waals surface area (Å²) in [4.78, 5) is 96.0. The number of carbonyl (C=O) groups is 7. The molecule has 1 saturated heterocycles. The van der Waals surface area contributed by atoms with Crippen LogP contribution >= 0.6 is 0 Å². The molecule has 11 atom stereocenters. The maximum Gasteiger partial charge on any atom is 0.408 e. The van der Waals surface area contributed by atoms with E-state index in [4.69, 9.17) is 28.4 Å². The molecule has 2 saturated carbocycles. The summed E-state index contributed by atoms with van der Waals surface area (Å²) >= 11 is 0.